The summed E-state index contributed by atoms with van der Waals surface area (Å²) in [5.41, 5.74) is 0.136. The monoisotopic (exact) mass is 296 g/mol. The van der Waals surface area contributed by atoms with E-state index in [0.717, 1.165) is 41.9 Å². The highest BCUT2D eigenvalue weighted by Crippen LogP contribution is 2.57. The van der Waals surface area contributed by atoms with Gasteiger partial charge in [0.05, 0.1) is 32.3 Å². The van der Waals surface area contributed by atoms with Crippen LogP contribution >= 0.6 is 0 Å². The van der Waals surface area contributed by atoms with Gasteiger partial charge in [0.2, 0.25) is 0 Å². The predicted molar refractivity (Wildman–Crippen MR) is 85.0 cm³/mol. The molecule has 0 aromatic carbocycles. The summed E-state index contributed by atoms with van der Waals surface area (Å²) in [6, 6.07) is 0. The molecule has 4 saturated carbocycles. The minimum atomic E-state index is -0.317. The van der Waals surface area contributed by atoms with Crippen LogP contribution < -0.4 is 0 Å². The summed E-state index contributed by atoms with van der Waals surface area (Å²) in [5, 5.41) is 10.4. The Balaban J connectivity index is 1.53. The fourth-order valence-corrected chi connectivity index (χ4v) is 5.52. The van der Waals surface area contributed by atoms with Gasteiger partial charge in [0.1, 0.15) is 12.6 Å². The minimum Gasteiger partial charge on any atom is -0.385 e. The summed E-state index contributed by atoms with van der Waals surface area (Å²) in [7, 11) is 2.23. The van der Waals surface area contributed by atoms with Crippen molar-refractivity contribution in [3.8, 4) is 0 Å². The molecule has 0 aromatic heterocycles. The van der Waals surface area contributed by atoms with E-state index >= 15 is 0 Å². The Kier molecular flexibility index (Phi) is 4.37. The lowest BCUT2D eigenvalue weighted by Gasteiger charge is -2.56. The molecule has 4 rings (SSSR count). The summed E-state index contributed by atoms with van der Waals surface area (Å²) in [6.45, 7) is 7.92. The van der Waals surface area contributed by atoms with Gasteiger partial charge >= 0.3 is 0 Å². The quantitative estimate of drug-likeness (QED) is 0.732. The van der Waals surface area contributed by atoms with Crippen LogP contribution in [0.5, 0.6) is 0 Å². The van der Waals surface area contributed by atoms with Crippen LogP contribution in [0.3, 0.4) is 0 Å². The molecular weight excluding hydrogens is 262 g/mol. The van der Waals surface area contributed by atoms with Crippen LogP contribution in [0.4, 0.5) is 0 Å². The second kappa shape index (κ2) is 5.82. The molecule has 21 heavy (non-hydrogen) atoms. The molecule has 4 fully saturated rings. The smallest absolute Gasteiger partial charge is 0.126 e. The number of ether oxygens (including phenoxy) is 1. The molecule has 0 aliphatic heterocycles. The molecule has 0 spiro atoms. The van der Waals surface area contributed by atoms with Crippen molar-refractivity contribution in [1.82, 2.24) is 0 Å². The summed E-state index contributed by atoms with van der Waals surface area (Å²) in [5.74, 6) is 2.75. The first-order valence-electron chi connectivity index (χ1n) is 9.11. The third-order valence-corrected chi connectivity index (χ3v) is 6.74. The maximum absolute atomic E-state index is 10.4. The molecule has 1 N–H and O–H groups in total. The Labute approximate surface area is 130 Å². The van der Waals surface area contributed by atoms with Crippen molar-refractivity contribution in [2.24, 2.45) is 17.8 Å². The van der Waals surface area contributed by atoms with E-state index in [1.165, 1.54) is 38.5 Å². The Bertz CT molecular complexity index is 329. The highest BCUT2D eigenvalue weighted by Gasteiger charge is 2.51. The first-order valence-corrected chi connectivity index (χ1v) is 9.11. The zero-order valence-electron chi connectivity index (χ0n) is 14.2. The molecule has 4 aliphatic carbocycles. The normalized spacial score (nSPS) is 39.7. The van der Waals surface area contributed by atoms with Gasteiger partial charge in [-0.15, -0.1) is 0 Å². The average molecular weight is 296 g/mol. The molecular formula is C18H34NO2+. The second-order valence-electron chi connectivity index (χ2n) is 8.50. The van der Waals surface area contributed by atoms with Crippen LogP contribution in [0.1, 0.15) is 52.4 Å². The predicted octanol–water partition coefficient (Wildman–Crippen LogP) is 2.82. The molecule has 0 aromatic rings. The largest absolute Gasteiger partial charge is 0.385 e. The first kappa shape index (κ1) is 15.8. The molecule has 0 unspecified atom stereocenters. The first-order chi connectivity index (χ1) is 9.96. The Hall–Kier alpha value is -0.120. The third-order valence-electron chi connectivity index (χ3n) is 6.74. The van der Waals surface area contributed by atoms with Gasteiger partial charge in [-0.25, -0.2) is 0 Å². The van der Waals surface area contributed by atoms with E-state index in [1.807, 2.05) is 0 Å². The van der Waals surface area contributed by atoms with Crippen molar-refractivity contribution in [3.05, 3.63) is 0 Å². The van der Waals surface area contributed by atoms with Crippen LogP contribution in [0.25, 0.3) is 0 Å². The molecule has 4 aliphatic rings. The molecule has 4 bridgehead atoms. The van der Waals surface area contributed by atoms with Gasteiger partial charge in [0, 0.05) is 0 Å². The Morgan fingerprint density at radius 3 is 1.95 bits per heavy atom. The van der Waals surface area contributed by atoms with Crippen molar-refractivity contribution in [3.63, 3.8) is 0 Å². The van der Waals surface area contributed by atoms with Gasteiger partial charge in [0.15, 0.2) is 0 Å². The summed E-state index contributed by atoms with van der Waals surface area (Å²) < 4.78 is 7.31. The molecule has 3 nitrogen and oxygen atoms in total. The lowest BCUT2D eigenvalue weighted by Crippen LogP contribution is -2.54. The Morgan fingerprint density at radius 2 is 1.52 bits per heavy atom. The summed E-state index contributed by atoms with van der Waals surface area (Å²) >= 11 is 0. The summed E-state index contributed by atoms with van der Waals surface area (Å²) in [4.78, 5) is 0. The fourth-order valence-electron chi connectivity index (χ4n) is 5.52. The highest BCUT2D eigenvalue weighted by atomic mass is 16.5. The SMILES string of the molecule is CC[N+](C)(CC)C[C@H](O)COC12CC3CC(CC(C3)C1)C2. The van der Waals surface area contributed by atoms with Crippen LogP contribution in [0.15, 0.2) is 0 Å². The molecule has 122 valence electrons. The van der Waals surface area contributed by atoms with Crippen LogP contribution in [-0.4, -0.2) is 54.6 Å². The van der Waals surface area contributed by atoms with E-state index in [4.69, 9.17) is 4.74 Å². The van der Waals surface area contributed by atoms with E-state index in [-0.39, 0.29) is 11.7 Å². The zero-order valence-corrected chi connectivity index (χ0v) is 14.2. The van der Waals surface area contributed by atoms with Gasteiger partial charge in [-0.3, -0.25) is 0 Å². The van der Waals surface area contributed by atoms with Crippen molar-refractivity contribution in [2.45, 2.75) is 64.1 Å². The number of aliphatic hydroxyl groups excluding tert-OH is 1. The number of hydrogen-bond donors (Lipinski definition) is 1. The molecule has 1 atom stereocenters. The van der Waals surface area contributed by atoms with E-state index in [9.17, 15) is 5.11 Å². The number of likely N-dealkylation sites (N-methyl/N-ethyl adjacent to an activating group) is 1. The minimum absolute atomic E-state index is 0.136. The van der Waals surface area contributed by atoms with Crippen LogP contribution in [0, 0.1) is 17.8 Å². The molecule has 0 amide bonds. The average Bonchev–Trinajstić information content (AvgIpc) is 2.44. The molecule has 0 radical (unpaired) electrons. The topological polar surface area (TPSA) is 29.5 Å². The second-order valence-corrected chi connectivity index (χ2v) is 8.50. The van der Waals surface area contributed by atoms with Gasteiger partial charge in [-0.1, -0.05) is 0 Å². The van der Waals surface area contributed by atoms with E-state index in [1.54, 1.807) is 0 Å². The van der Waals surface area contributed by atoms with Crippen molar-refractivity contribution < 1.29 is 14.3 Å². The van der Waals surface area contributed by atoms with Crippen LogP contribution in [0.2, 0.25) is 0 Å². The van der Waals surface area contributed by atoms with Gasteiger partial charge in [0.25, 0.3) is 0 Å². The number of nitrogens with zero attached hydrogens (tertiary/aromatic N) is 1. The van der Waals surface area contributed by atoms with Gasteiger partial charge < -0.3 is 14.3 Å². The van der Waals surface area contributed by atoms with E-state index in [2.05, 4.69) is 20.9 Å². The lowest BCUT2D eigenvalue weighted by molar-refractivity contribution is -0.909. The Morgan fingerprint density at radius 1 is 1.05 bits per heavy atom. The summed E-state index contributed by atoms with van der Waals surface area (Å²) in [6.07, 6.45) is 7.82. The van der Waals surface area contributed by atoms with Gasteiger partial charge in [-0.2, -0.15) is 0 Å². The van der Waals surface area contributed by atoms with Crippen molar-refractivity contribution >= 4 is 0 Å². The zero-order chi connectivity index (χ0) is 15.1. The van der Waals surface area contributed by atoms with Crippen LogP contribution in [-0.2, 0) is 4.74 Å². The number of hydrogen-bond acceptors (Lipinski definition) is 2. The third kappa shape index (κ3) is 3.30. The van der Waals surface area contributed by atoms with Crippen molar-refractivity contribution in [1.29, 1.82) is 0 Å². The number of aliphatic hydroxyl groups is 1. The van der Waals surface area contributed by atoms with Gasteiger partial charge in [-0.05, 0) is 70.1 Å². The number of rotatable bonds is 7. The highest BCUT2D eigenvalue weighted by molar-refractivity contribution is 5.03. The van der Waals surface area contributed by atoms with Crippen molar-refractivity contribution in [2.75, 3.05) is 33.3 Å². The molecule has 3 heteroatoms. The number of quaternary nitrogens is 1. The molecule has 0 saturated heterocycles. The lowest BCUT2D eigenvalue weighted by atomic mass is 9.54. The standard InChI is InChI=1S/C18H34NO2/c1-4-19(3,5-2)12-17(20)13-21-18-9-14-6-15(10-18)8-16(7-14)11-18/h14-17,20H,4-13H2,1-3H3/q+1/t14?,15?,16?,17-,18?/m0/s1. The maximum atomic E-state index is 10.4. The van der Waals surface area contributed by atoms with E-state index in [0.29, 0.717) is 6.61 Å². The maximum Gasteiger partial charge on any atom is 0.126 e. The van der Waals surface area contributed by atoms with E-state index < -0.39 is 0 Å². The fraction of sp³-hybridized carbons (Fsp3) is 1.00. The molecule has 0 heterocycles.